The van der Waals surface area contributed by atoms with E-state index < -0.39 is 0 Å². The van der Waals surface area contributed by atoms with E-state index in [2.05, 4.69) is 51.4 Å². The van der Waals surface area contributed by atoms with Crippen molar-refractivity contribution >= 4 is 0 Å². The lowest BCUT2D eigenvalue weighted by Crippen LogP contribution is -2.60. The summed E-state index contributed by atoms with van der Waals surface area (Å²) < 4.78 is 6.09. The van der Waals surface area contributed by atoms with Crippen molar-refractivity contribution in [2.24, 2.45) is 0 Å². The number of ether oxygens (including phenoxy) is 1. The van der Waals surface area contributed by atoms with Crippen molar-refractivity contribution < 1.29 is 4.74 Å². The van der Waals surface area contributed by atoms with Crippen molar-refractivity contribution in [2.75, 3.05) is 26.2 Å². The second-order valence-electron chi connectivity index (χ2n) is 6.32. The first-order chi connectivity index (χ1) is 7.76. The third kappa shape index (κ3) is 4.78. The molecule has 1 aliphatic rings. The van der Waals surface area contributed by atoms with Crippen LogP contribution in [0.25, 0.3) is 0 Å². The van der Waals surface area contributed by atoms with Gasteiger partial charge in [0.2, 0.25) is 0 Å². The van der Waals surface area contributed by atoms with Crippen LogP contribution in [-0.2, 0) is 4.74 Å². The zero-order valence-electron chi connectivity index (χ0n) is 12.0. The van der Waals surface area contributed by atoms with E-state index in [4.69, 9.17) is 4.74 Å². The third-order valence-electron chi connectivity index (χ3n) is 3.07. The molecule has 1 rings (SSSR count). The summed E-state index contributed by atoms with van der Waals surface area (Å²) in [6.07, 6.45) is 1.90. The Labute approximate surface area is 106 Å². The Kier molecular flexibility index (Phi) is 4.76. The average molecular weight is 240 g/mol. The Hall–Kier alpha value is -0.380. The molecule has 1 heterocycles. The van der Waals surface area contributed by atoms with Gasteiger partial charge in [-0.15, -0.1) is 6.58 Å². The van der Waals surface area contributed by atoms with Crippen molar-refractivity contribution in [1.29, 1.82) is 0 Å². The van der Waals surface area contributed by atoms with Gasteiger partial charge in [0.15, 0.2) is 0 Å². The largest absolute Gasteiger partial charge is 0.367 e. The van der Waals surface area contributed by atoms with Crippen molar-refractivity contribution in [2.45, 2.75) is 51.9 Å². The van der Waals surface area contributed by atoms with Crippen LogP contribution in [0.3, 0.4) is 0 Å². The maximum absolute atomic E-state index is 6.09. The second-order valence-corrected chi connectivity index (χ2v) is 6.32. The van der Waals surface area contributed by atoms with Gasteiger partial charge in [0.1, 0.15) is 0 Å². The van der Waals surface area contributed by atoms with Crippen LogP contribution in [-0.4, -0.2) is 48.3 Å². The fraction of sp³-hybridized carbons (Fsp3) is 0.857. The molecule has 0 aromatic carbocycles. The Bertz CT molecular complexity index is 245. The van der Waals surface area contributed by atoms with Crippen LogP contribution in [0.4, 0.5) is 0 Å². The van der Waals surface area contributed by atoms with Crippen LogP contribution in [0.1, 0.15) is 34.6 Å². The highest BCUT2D eigenvalue weighted by Gasteiger charge is 2.39. The fourth-order valence-corrected chi connectivity index (χ4v) is 2.68. The first kappa shape index (κ1) is 14.7. The van der Waals surface area contributed by atoms with Crippen molar-refractivity contribution in [1.82, 2.24) is 10.2 Å². The highest BCUT2D eigenvalue weighted by atomic mass is 16.5. The summed E-state index contributed by atoms with van der Waals surface area (Å²) >= 11 is 0. The highest BCUT2D eigenvalue weighted by molar-refractivity contribution is 4.91. The molecule has 17 heavy (non-hydrogen) atoms. The maximum atomic E-state index is 6.09. The minimum atomic E-state index is -0.0611. The Morgan fingerprint density at radius 2 is 1.82 bits per heavy atom. The molecular weight excluding hydrogens is 212 g/mol. The van der Waals surface area contributed by atoms with E-state index in [0.717, 1.165) is 26.2 Å². The van der Waals surface area contributed by atoms with Crippen LogP contribution < -0.4 is 5.32 Å². The van der Waals surface area contributed by atoms with Gasteiger partial charge in [0.05, 0.1) is 11.2 Å². The molecule has 1 atom stereocenters. The van der Waals surface area contributed by atoms with Gasteiger partial charge >= 0.3 is 0 Å². The lowest BCUT2D eigenvalue weighted by molar-refractivity contribution is -0.186. The molecule has 100 valence electrons. The standard InChI is InChI=1S/C14H28N2O/c1-7-8-15-9-12(2)16-10-13(3,4)17-14(5,6)11-16/h7,12,15H,1,8-11H2,2-6H3. The quantitative estimate of drug-likeness (QED) is 0.588. The predicted octanol–water partition coefficient (Wildman–Crippen LogP) is 2.04. The molecule has 0 spiro atoms. The van der Waals surface area contributed by atoms with Crippen LogP contribution in [0, 0.1) is 0 Å². The molecule has 1 fully saturated rings. The van der Waals surface area contributed by atoms with Gasteiger partial charge in [-0.1, -0.05) is 6.08 Å². The van der Waals surface area contributed by atoms with E-state index in [1.165, 1.54) is 0 Å². The molecular formula is C14H28N2O. The van der Waals surface area contributed by atoms with Gasteiger partial charge in [-0.25, -0.2) is 0 Å². The van der Waals surface area contributed by atoms with Crippen LogP contribution in [0.2, 0.25) is 0 Å². The maximum Gasteiger partial charge on any atom is 0.0760 e. The molecule has 0 aromatic rings. The summed E-state index contributed by atoms with van der Waals surface area (Å²) in [6.45, 7) is 18.5. The summed E-state index contributed by atoms with van der Waals surface area (Å²) in [7, 11) is 0. The molecule has 1 unspecified atom stereocenters. The monoisotopic (exact) mass is 240 g/mol. The highest BCUT2D eigenvalue weighted by Crippen LogP contribution is 2.28. The van der Waals surface area contributed by atoms with E-state index in [1.807, 2.05) is 6.08 Å². The Morgan fingerprint density at radius 1 is 1.29 bits per heavy atom. The molecule has 0 aromatic heterocycles. The SMILES string of the molecule is C=CCNCC(C)N1CC(C)(C)OC(C)(C)C1. The summed E-state index contributed by atoms with van der Waals surface area (Å²) in [5.41, 5.74) is -0.122. The summed E-state index contributed by atoms with van der Waals surface area (Å²) in [5, 5.41) is 3.39. The van der Waals surface area contributed by atoms with Crippen LogP contribution in [0.15, 0.2) is 12.7 Å². The minimum Gasteiger partial charge on any atom is -0.367 e. The van der Waals surface area contributed by atoms with Crippen molar-refractivity contribution in [3.8, 4) is 0 Å². The van der Waals surface area contributed by atoms with Gasteiger partial charge in [-0.05, 0) is 34.6 Å². The van der Waals surface area contributed by atoms with Crippen molar-refractivity contribution in [3.63, 3.8) is 0 Å². The van der Waals surface area contributed by atoms with Crippen molar-refractivity contribution in [3.05, 3.63) is 12.7 Å². The number of nitrogens with zero attached hydrogens (tertiary/aromatic N) is 1. The number of hydrogen-bond donors (Lipinski definition) is 1. The van der Waals surface area contributed by atoms with E-state index in [9.17, 15) is 0 Å². The summed E-state index contributed by atoms with van der Waals surface area (Å²) in [6, 6.07) is 0.525. The topological polar surface area (TPSA) is 24.5 Å². The Balaban J connectivity index is 2.54. The van der Waals surface area contributed by atoms with E-state index in [1.54, 1.807) is 0 Å². The van der Waals surface area contributed by atoms with Gasteiger partial charge in [-0.3, -0.25) is 4.90 Å². The molecule has 0 aliphatic carbocycles. The molecule has 0 radical (unpaired) electrons. The fourth-order valence-electron chi connectivity index (χ4n) is 2.68. The van der Waals surface area contributed by atoms with Gasteiger partial charge in [0.25, 0.3) is 0 Å². The van der Waals surface area contributed by atoms with E-state index in [-0.39, 0.29) is 11.2 Å². The molecule has 1 N–H and O–H groups in total. The first-order valence-corrected chi connectivity index (χ1v) is 6.52. The molecule has 3 heteroatoms. The number of nitrogens with one attached hydrogen (secondary N) is 1. The van der Waals surface area contributed by atoms with Gasteiger partial charge in [0, 0.05) is 32.2 Å². The molecule has 0 amide bonds. The van der Waals surface area contributed by atoms with Crippen LogP contribution >= 0.6 is 0 Å². The lowest BCUT2D eigenvalue weighted by Gasteiger charge is -2.49. The number of rotatable bonds is 5. The first-order valence-electron chi connectivity index (χ1n) is 6.52. The molecule has 3 nitrogen and oxygen atoms in total. The zero-order chi connectivity index (χ0) is 13.1. The van der Waals surface area contributed by atoms with E-state index in [0.29, 0.717) is 6.04 Å². The lowest BCUT2D eigenvalue weighted by atomic mass is 9.97. The van der Waals surface area contributed by atoms with Crippen LogP contribution in [0.5, 0.6) is 0 Å². The summed E-state index contributed by atoms with van der Waals surface area (Å²) in [4.78, 5) is 2.51. The number of morpholine rings is 1. The molecule has 1 saturated heterocycles. The molecule has 0 saturated carbocycles. The Morgan fingerprint density at radius 3 is 2.29 bits per heavy atom. The van der Waals surface area contributed by atoms with Gasteiger partial charge < -0.3 is 10.1 Å². The van der Waals surface area contributed by atoms with Gasteiger partial charge in [-0.2, -0.15) is 0 Å². The second kappa shape index (κ2) is 5.51. The third-order valence-corrected chi connectivity index (χ3v) is 3.07. The normalized spacial score (nSPS) is 25.5. The minimum absolute atomic E-state index is 0.0611. The predicted molar refractivity (Wildman–Crippen MR) is 73.3 cm³/mol. The molecule has 1 aliphatic heterocycles. The number of hydrogen-bond acceptors (Lipinski definition) is 3. The smallest absolute Gasteiger partial charge is 0.0760 e. The molecule has 0 bridgehead atoms. The summed E-state index contributed by atoms with van der Waals surface area (Å²) in [5.74, 6) is 0. The zero-order valence-corrected chi connectivity index (χ0v) is 12.0. The van der Waals surface area contributed by atoms with E-state index >= 15 is 0 Å². The average Bonchev–Trinajstić information content (AvgIpc) is 2.13.